The van der Waals surface area contributed by atoms with Gasteiger partial charge in [0.15, 0.2) is 0 Å². The van der Waals surface area contributed by atoms with Crippen molar-refractivity contribution in [2.75, 3.05) is 5.32 Å². The number of aromatic nitrogens is 2. The van der Waals surface area contributed by atoms with Crippen molar-refractivity contribution in [1.82, 2.24) is 10.2 Å². The van der Waals surface area contributed by atoms with Crippen molar-refractivity contribution in [2.24, 2.45) is 0 Å². The van der Waals surface area contributed by atoms with Crippen LogP contribution in [0.25, 0.3) is 16.6 Å². The number of rotatable bonds is 6. The molecule has 0 bridgehead atoms. The van der Waals surface area contributed by atoms with Gasteiger partial charge in [0.2, 0.25) is 11.0 Å². The van der Waals surface area contributed by atoms with Crippen LogP contribution in [0, 0.1) is 0 Å². The second-order valence-electron chi connectivity index (χ2n) is 5.60. The van der Waals surface area contributed by atoms with Crippen LogP contribution >= 0.6 is 11.3 Å². The Hall–Kier alpha value is -2.79. The molecule has 1 heterocycles. The van der Waals surface area contributed by atoms with Gasteiger partial charge in [-0.3, -0.25) is 10.1 Å². The molecular formula is C20H19N3OS. The summed E-state index contributed by atoms with van der Waals surface area (Å²) in [6.07, 6.45) is 2.52. The van der Waals surface area contributed by atoms with Gasteiger partial charge in [0.1, 0.15) is 5.01 Å². The van der Waals surface area contributed by atoms with Gasteiger partial charge in [0.25, 0.3) is 0 Å². The van der Waals surface area contributed by atoms with Crippen molar-refractivity contribution in [1.29, 1.82) is 0 Å². The molecule has 5 heteroatoms. The minimum atomic E-state index is -0.194. The summed E-state index contributed by atoms with van der Waals surface area (Å²) in [6.45, 7) is 5.75. The molecule has 2 aromatic carbocycles. The Morgan fingerprint density at radius 3 is 2.52 bits per heavy atom. The van der Waals surface area contributed by atoms with Crippen LogP contribution in [0.3, 0.4) is 0 Å². The van der Waals surface area contributed by atoms with Gasteiger partial charge in [-0.1, -0.05) is 85.5 Å². The highest BCUT2D eigenvalue weighted by Gasteiger charge is 2.20. The van der Waals surface area contributed by atoms with Gasteiger partial charge in [0, 0.05) is 5.56 Å². The number of nitrogens with one attached hydrogen (secondary N) is 1. The van der Waals surface area contributed by atoms with E-state index in [-0.39, 0.29) is 11.8 Å². The molecule has 126 valence electrons. The quantitative estimate of drug-likeness (QED) is 0.683. The number of hydrogen-bond acceptors (Lipinski definition) is 4. The van der Waals surface area contributed by atoms with E-state index in [1.165, 1.54) is 11.3 Å². The highest BCUT2D eigenvalue weighted by molar-refractivity contribution is 7.18. The third kappa shape index (κ3) is 4.00. The Labute approximate surface area is 151 Å². The number of carbonyl (C=O) groups is 1. The van der Waals surface area contributed by atoms with E-state index in [0.717, 1.165) is 28.1 Å². The van der Waals surface area contributed by atoms with E-state index in [1.54, 1.807) is 6.08 Å². The Morgan fingerprint density at radius 1 is 1.16 bits per heavy atom. The zero-order valence-corrected chi connectivity index (χ0v) is 14.8. The Morgan fingerprint density at radius 2 is 1.88 bits per heavy atom. The fourth-order valence-electron chi connectivity index (χ4n) is 2.60. The fraction of sp³-hybridized carbons (Fsp3) is 0.150. The van der Waals surface area contributed by atoms with E-state index in [4.69, 9.17) is 0 Å². The lowest BCUT2D eigenvalue weighted by Gasteiger charge is -2.13. The number of hydrogen-bond donors (Lipinski definition) is 1. The number of amides is 1. The molecule has 0 fully saturated rings. The van der Waals surface area contributed by atoms with Crippen LogP contribution in [0.1, 0.15) is 30.4 Å². The van der Waals surface area contributed by atoms with Gasteiger partial charge in [0.05, 0.1) is 5.92 Å². The molecule has 0 saturated carbocycles. The van der Waals surface area contributed by atoms with Gasteiger partial charge in [-0.2, -0.15) is 0 Å². The summed E-state index contributed by atoms with van der Waals surface area (Å²) < 4.78 is 0. The fourth-order valence-corrected chi connectivity index (χ4v) is 3.35. The van der Waals surface area contributed by atoms with E-state index < -0.39 is 0 Å². The second-order valence-corrected chi connectivity index (χ2v) is 6.58. The molecule has 1 amide bonds. The summed E-state index contributed by atoms with van der Waals surface area (Å²) in [4.78, 5) is 12.6. The molecular weight excluding hydrogens is 330 g/mol. The van der Waals surface area contributed by atoms with Crippen molar-refractivity contribution >= 4 is 28.5 Å². The van der Waals surface area contributed by atoms with Gasteiger partial charge >= 0.3 is 0 Å². The molecule has 1 unspecified atom stereocenters. The number of benzene rings is 2. The first-order valence-corrected chi connectivity index (χ1v) is 8.95. The number of nitrogens with zero attached hydrogens (tertiary/aromatic N) is 2. The van der Waals surface area contributed by atoms with Crippen LogP contribution in [-0.2, 0) is 4.79 Å². The van der Waals surface area contributed by atoms with Crippen LogP contribution in [0.2, 0.25) is 0 Å². The Bertz CT molecular complexity index is 856. The van der Waals surface area contributed by atoms with Gasteiger partial charge in [-0.05, 0) is 17.5 Å². The first kappa shape index (κ1) is 17.0. The van der Waals surface area contributed by atoms with Gasteiger partial charge in [-0.25, -0.2) is 0 Å². The molecule has 1 atom stereocenters. The minimum absolute atomic E-state index is 0.0570. The molecule has 3 rings (SSSR count). The largest absolute Gasteiger partial charge is 0.300 e. The third-order valence-electron chi connectivity index (χ3n) is 3.98. The summed E-state index contributed by atoms with van der Waals surface area (Å²) in [5, 5.41) is 12.5. The SMILES string of the molecule is C=Cc1ccc(-c2nnc(NC(=O)C(CC)c3ccccc3)s2)cc1. The van der Waals surface area contributed by atoms with Crippen LogP contribution in [-0.4, -0.2) is 16.1 Å². The minimum Gasteiger partial charge on any atom is -0.300 e. The molecule has 1 N–H and O–H groups in total. The summed E-state index contributed by atoms with van der Waals surface area (Å²) in [5.74, 6) is -0.251. The number of carbonyl (C=O) groups excluding carboxylic acids is 1. The molecule has 25 heavy (non-hydrogen) atoms. The molecule has 0 aliphatic heterocycles. The Kier molecular flexibility index (Phi) is 5.36. The predicted molar refractivity (Wildman–Crippen MR) is 104 cm³/mol. The van der Waals surface area contributed by atoms with E-state index in [1.807, 2.05) is 61.5 Å². The normalized spacial score (nSPS) is 11.7. The zero-order chi connectivity index (χ0) is 17.6. The monoisotopic (exact) mass is 349 g/mol. The zero-order valence-electron chi connectivity index (χ0n) is 14.0. The van der Waals surface area contributed by atoms with Gasteiger partial charge < -0.3 is 0 Å². The molecule has 4 nitrogen and oxygen atoms in total. The average Bonchev–Trinajstić information content (AvgIpc) is 3.12. The van der Waals surface area contributed by atoms with Crippen molar-refractivity contribution in [3.05, 3.63) is 72.3 Å². The number of anilines is 1. The lowest BCUT2D eigenvalue weighted by molar-refractivity contribution is -0.117. The predicted octanol–water partition coefficient (Wildman–Crippen LogP) is 4.98. The second kappa shape index (κ2) is 7.85. The smallest absolute Gasteiger partial charge is 0.233 e. The molecule has 0 radical (unpaired) electrons. The van der Waals surface area contributed by atoms with E-state index in [9.17, 15) is 4.79 Å². The van der Waals surface area contributed by atoms with Crippen LogP contribution in [0.5, 0.6) is 0 Å². The summed E-state index contributed by atoms with van der Waals surface area (Å²) in [7, 11) is 0. The topological polar surface area (TPSA) is 54.9 Å². The van der Waals surface area contributed by atoms with Crippen molar-refractivity contribution < 1.29 is 4.79 Å². The lowest BCUT2D eigenvalue weighted by Crippen LogP contribution is -2.20. The molecule has 0 saturated heterocycles. The van der Waals surface area contributed by atoms with E-state index in [0.29, 0.717) is 5.13 Å². The first-order chi connectivity index (χ1) is 12.2. The highest BCUT2D eigenvalue weighted by Crippen LogP contribution is 2.28. The van der Waals surface area contributed by atoms with Crippen LogP contribution < -0.4 is 5.32 Å². The van der Waals surface area contributed by atoms with Crippen molar-refractivity contribution in [3.63, 3.8) is 0 Å². The molecule has 3 aromatic rings. The van der Waals surface area contributed by atoms with Crippen molar-refractivity contribution in [2.45, 2.75) is 19.3 Å². The maximum atomic E-state index is 12.6. The van der Waals surface area contributed by atoms with E-state index >= 15 is 0 Å². The maximum Gasteiger partial charge on any atom is 0.233 e. The van der Waals surface area contributed by atoms with Crippen LogP contribution in [0.4, 0.5) is 5.13 Å². The molecule has 0 aliphatic carbocycles. The third-order valence-corrected chi connectivity index (χ3v) is 4.86. The Balaban J connectivity index is 1.73. The van der Waals surface area contributed by atoms with E-state index in [2.05, 4.69) is 22.1 Å². The first-order valence-electron chi connectivity index (χ1n) is 8.13. The van der Waals surface area contributed by atoms with Gasteiger partial charge in [-0.15, -0.1) is 10.2 Å². The summed E-state index contributed by atoms with van der Waals surface area (Å²) in [5.41, 5.74) is 3.03. The maximum absolute atomic E-state index is 12.6. The van der Waals surface area contributed by atoms with Crippen LogP contribution in [0.15, 0.2) is 61.2 Å². The van der Waals surface area contributed by atoms with Crippen molar-refractivity contribution in [3.8, 4) is 10.6 Å². The highest BCUT2D eigenvalue weighted by atomic mass is 32.1. The summed E-state index contributed by atoms with van der Waals surface area (Å²) >= 11 is 1.37. The average molecular weight is 349 g/mol. The molecule has 1 aromatic heterocycles. The standard InChI is InChI=1S/C20H19N3OS/c1-3-14-10-12-16(13-11-14)19-22-23-20(25-19)21-18(24)17(4-2)15-8-6-5-7-9-15/h3,5-13,17H,1,4H2,2H3,(H,21,23,24). The molecule has 0 aliphatic rings. The lowest BCUT2D eigenvalue weighted by atomic mass is 9.96. The molecule has 0 spiro atoms. The summed E-state index contributed by atoms with van der Waals surface area (Å²) in [6, 6.07) is 17.7.